The average Bonchev–Trinajstić information content (AvgIpc) is 2.83. The van der Waals surface area contributed by atoms with E-state index in [1.165, 1.54) is 0 Å². The van der Waals surface area contributed by atoms with Gasteiger partial charge >= 0.3 is 5.97 Å². The van der Waals surface area contributed by atoms with Crippen LogP contribution in [0.25, 0.3) is 0 Å². The number of ether oxygens (including phenoxy) is 1. The average molecular weight is 269 g/mol. The van der Waals surface area contributed by atoms with Crippen molar-refractivity contribution < 1.29 is 14.3 Å². The van der Waals surface area contributed by atoms with Gasteiger partial charge in [-0.1, -0.05) is 30.4 Å². The summed E-state index contributed by atoms with van der Waals surface area (Å²) in [6.45, 7) is 1.94. The van der Waals surface area contributed by atoms with Gasteiger partial charge in [0.2, 0.25) is 5.91 Å². The van der Waals surface area contributed by atoms with Gasteiger partial charge in [-0.15, -0.1) is 0 Å². The van der Waals surface area contributed by atoms with Gasteiger partial charge in [0, 0.05) is 11.8 Å². The molecule has 102 valence electrons. The van der Waals surface area contributed by atoms with Crippen LogP contribution in [0.2, 0.25) is 0 Å². The Labute approximate surface area is 116 Å². The second-order valence-electron chi connectivity index (χ2n) is 5.94. The molecule has 4 heteroatoms. The molecule has 2 aliphatic carbocycles. The van der Waals surface area contributed by atoms with Crippen molar-refractivity contribution in [3.63, 3.8) is 0 Å². The molecule has 1 amide bonds. The number of esters is 1. The zero-order valence-corrected chi connectivity index (χ0v) is 11.1. The maximum atomic E-state index is 12.3. The molecule has 1 saturated carbocycles. The van der Waals surface area contributed by atoms with Crippen LogP contribution < -0.4 is 5.32 Å². The lowest BCUT2D eigenvalue weighted by Crippen LogP contribution is -2.59. The number of rotatable bonds is 2. The Morgan fingerprint density at radius 2 is 1.90 bits per heavy atom. The Hall–Kier alpha value is -2.10. The third kappa shape index (κ3) is 1.31. The first kappa shape index (κ1) is 11.7. The molecule has 5 unspecified atom stereocenters. The molecule has 5 atom stereocenters. The molecule has 1 aromatic carbocycles. The van der Waals surface area contributed by atoms with Gasteiger partial charge in [0.1, 0.15) is 5.60 Å². The number of benzene rings is 1. The van der Waals surface area contributed by atoms with Crippen molar-refractivity contribution in [2.45, 2.75) is 18.6 Å². The quantitative estimate of drug-likeness (QED) is 0.503. The minimum atomic E-state index is -0.610. The van der Waals surface area contributed by atoms with Crippen molar-refractivity contribution in [1.29, 1.82) is 0 Å². The highest BCUT2D eigenvalue weighted by Gasteiger charge is 2.68. The molecule has 1 heterocycles. The first-order chi connectivity index (χ1) is 9.61. The topological polar surface area (TPSA) is 55.4 Å². The number of hydrogen-bond donors (Lipinski definition) is 1. The third-order valence-electron chi connectivity index (χ3n) is 4.94. The Bertz CT molecular complexity index is 624. The van der Waals surface area contributed by atoms with Gasteiger partial charge in [0.05, 0.1) is 17.5 Å². The predicted octanol–water partition coefficient (Wildman–Crippen LogP) is 1.53. The van der Waals surface area contributed by atoms with E-state index < -0.39 is 5.60 Å². The van der Waals surface area contributed by atoms with Crippen molar-refractivity contribution in [3.05, 3.63) is 48.0 Å². The zero-order valence-electron chi connectivity index (χ0n) is 11.1. The van der Waals surface area contributed by atoms with Crippen LogP contribution in [0.3, 0.4) is 0 Å². The number of nitrogens with one attached hydrogen (secondary N) is 1. The van der Waals surface area contributed by atoms with Crippen molar-refractivity contribution >= 4 is 11.9 Å². The molecule has 1 aromatic rings. The van der Waals surface area contributed by atoms with Crippen molar-refractivity contribution in [3.8, 4) is 0 Å². The van der Waals surface area contributed by atoms with Crippen LogP contribution >= 0.6 is 0 Å². The molecule has 3 aliphatic rings. The molecule has 4 rings (SSSR count). The van der Waals surface area contributed by atoms with Gasteiger partial charge in [-0.25, -0.2) is 4.79 Å². The molecular formula is C16H15NO3. The van der Waals surface area contributed by atoms with Crippen LogP contribution in [-0.2, 0) is 9.53 Å². The fourth-order valence-corrected chi connectivity index (χ4v) is 3.88. The summed E-state index contributed by atoms with van der Waals surface area (Å²) in [5, 5.41) is 2.92. The Balaban J connectivity index is 1.61. The molecule has 1 saturated heterocycles. The lowest BCUT2D eigenvalue weighted by atomic mass is 9.81. The van der Waals surface area contributed by atoms with Crippen LogP contribution in [0, 0.1) is 17.8 Å². The maximum Gasteiger partial charge on any atom is 0.338 e. The number of fused-ring (bicyclic) bond motifs is 5. The summed E-state index contributed by atoms with van der Waals surface area (Å²) in [6.07, 6.45) is 4.10. The largest absolute Gasteiger partial charge is 0.454 e. The van der Waals surface area contributed by atoms with Crippen molar-refractivity contribution in [1.82, 2.24) is 5.32 Å². The molecule has 4 nitrogen and oxygen atoms in total. The number of carbonyl (C=O) groups excluding carboxylic acids is 2. The predicted molar refractivity (Wildman–Crippen MR) is 71.8 cm³/mol. The summed E-state index contributed by atoms with van der Waals surface area (Å²) in [6, 6.07) is 9.11. The van der Waals surface area contributed by atoms with Crippen LogP contribution in [-0.4, -0.2) is 23.5 Å². The highest BCUT2D eigenvalue weighted by atomic mass is 16.6. The van der Waals surface area contributed by atoms with E-state index in [4.69, 9.17) is 4.74 Å². The molecular weight excluding hydrogens is 254 g/mol. The lowest BCUT2D eigenvalue weighted by molar-refractivity contribution is -0.135. The van der Waals surface area contributed by atoms with E-state index >= 15 is 0 Å². The maximum absolute atomic E-state index is 12.3. The van der Waals surface area contributed by atoms with Gasteiger partial charge in [-0.05, 0) is 19.1 Å². The normalized spacial score (nSPS) is 40.0. The number of carbonyl (C=O) groups is 2. The Kier molecular flexibility index (Phi) is 2.18. The van der Waals surface area contributed by atoms with Crippen LogP contribution in [0.4, 0.5) is 0 Å². The van der Waals surface area contributed by atoms with Crippen LogP contribution in [0.15, 0.2) is 42.5 Å². The zero-order chi connectivity index (χ0) is 13.9. The fourth-order valence-electron chi connectivity index (χ4n) is 3.88. The molecule has 20 heavy (non-hydrogen) atoms. The summed E-state index contributed by atoms with van der Waals surface area (Å²) in [5.41, 5.74) is -0.0619. The summed E-state index contributed by atoms with van der Waals surface area (Å²) >= 11 is 0. The first-order valence-corrected chi connectivity index (χ1v) is 6.88. The summed E-state index contributed by atoms with van der Waals surface area (Å²) in [7, 11) is 0. The van der Waals surface area contributed by atoms with Gasteiger partial charge in [-0.3, -0.25) is 4.79 Å². The van der Waals surface area contributed by atoms with E-state index in [-0.39, 0.29) is 35.7 Å². The van der Waals surface area contributed by atoms with Gasteiger partial charge < -0.3 is 10.1 Å². The molecule has 0 aromatic heterocycles. The van der Waals surface area contributed by atoms with Gasteiger partial charge in [0.15, 0.2) is 0 Å². The monoisotopic (exact) mass is 269 g/mol. The molecule has 0 spiro atoms. The van der Waals surface area contributed by atoms with E-state index in [9.17, 15) is 9.59 Å². The first-order valence-electron chi connectivity index (χ1n) is 6.88. The third-order valence-corrected chi connectivity index (χ3v) is 4.94. The lowest BCUT2D eigenvalue weighted by Gasteiger charge is -2.36. The fraction of sp³-hybridized carbons (Fsp3) is 0.375. The minimum Gasteiger partial charge on any atom is -0.454 e. The van der Waals surface area contributed by atoms with Crippen molar-refractivity contribution in [2.24, 2.45) is 17.8 Å². The number of amides is 1. The highest BCUT2D eigenvalue weighted by Crippen LogP contribution is 2.56. The summed E-state index contributed by atoms with van der Waals surface area (Å²) in [5.74, 6) is -0.185. The van der Waals surface area contributed by atoms with Gasteiger partial charge in [0.25, 0.3) is 0 Å². The van der Waals surface area contributed by atoms with E-state index in [2.05, 4.69) is 11.4 Å². The second-order valence-corrected chi connectivity index (χ2v) is 5.94. The van der Waals surface area contributed by atoms with Crippen molar-refractivity contribution in [2.75, 3.05) is 0 Å². The molecule has 0 radical (unpaired) electrons. The molecule has 2 bridgehead atoms. The van der Waals surface area contributed by atoms with Crippen LogP contribution in [0.1, 0.15) is 17.3 Å². The summed E-state index contributed by atoms with van der Waals surface area (Å²) < 4.78 is 5.81. The Morgan fingerprint density at radius 3 is 2.55 bits per heavy atom. The van der Waals surface area contributed by atoms with Gasteiger partial charge in [-0.2, -0.15) is 0 Å². The second kappa shape index (κ2) is 3.72. The molecule has 2 fully saturated rings. The number of β-lactam (4-membered cyclic amide) rings is 1. The smallest absolute Gasteiger partial charge is 0.338 e. The standard InChI is InChI=1S/C16H15NO3/c1-16(20-15(19)9-5-3-2-4-6-9)10-7-8-11(16)13-12(10)14(18)17-13/h2-8,10-13H,1H3,(H,17,18). The molecule has 1 N–H and O–H groups in total. The van der Waals surface area contributed by atoms with E-state index in [1.54, 1.807) is 12.1 Å². The summed E-state index contributed by atoms with van der Waals surface area (Å²) in [4.78, 5) is 23.9. The minimum absolute atomic E-state index is 0.00101. The van der Waals surface area contributed by atoms with Crippen LogP contribution in [0.5, 0.6) is 0 Å². The van der Waals surface area contributed by atoms with E-state index in [1.807, 2.05) is 31.2 Å². The Morgan fingerprint density at radius 1 is 1.20 bits per heavy atom. The van der Waals surface area contributed by atoms with E-state index in [0.717, 1.165) is 0 Å². The SMILES string of the molecule is CC1(OC(=O)c2ccccc2)C2C=CC1C1C(=O)NC12. The number of hydrogen-bond acceptors (Lipinski definition) is 3. The molecule has 1 aliphatic heterocycles. The highest BCUT2D eigenvalue weighted by molar-refractivity contribution is 5.91. The van der Waals surface area contributed by atoms with E-state index in [0.29, 0.717) is 5.56 Å².